The van der Waals surface area contributed by atoms with Crippen LogP contribution < -0.4 is 10.2 Å². The van der Waals surface area contributed by atoms with Gasteiger partial charge in [0.25, 0.3) is 0 Å². The van der Waals surface area contributed by atoms with Crippen molar-refractivity contribution < 1.29 is 0 Å². The van der Waals surface area contributed by atoms with Crippen LogP contribution >= 0.6 is 27.3 Å². The first-order valence-corrected chi connectivity index (χ1v) is 8.92. The molecule has 2 heterocycles. The van der Waals surface area contributed by atoms with Gasteiger partial charge < -0.3 is 10.2 Å². The molecule has 0 unspecified atom stereocenters. The van der Waals surface area contributed by atoms with Crippen molar-refractivity contribution in [3.8, 4) is 0 Å². The number of thiophene rings is 1. The zero-order valence-corrected chi connectivity index (χ0v) is 14.8. The van der Waals surface area contributed by atoms with E-state index in [1.807, 2.05) is 6.20 Å². The minimum absolute atomic E-state index is 0.720. The minimum atomic E-state index is 0.720. The molecule has 1 saturated carbocycles. The molecule has 1 aliphatic rings. The van der Waals surface area contributed by atoms with Crippen LogP contribution in [0.25, 0.3) is 0 Å². The van der Waals surface area contributed by atoms with E-state index in [0.29, 0.717) is 0 Å². The van der Waals surface area contributed by atoms with E-state index in [1.54, 1.807) is 11.3 Å². The van der Waals surface area contributed by atoms with Crippen LogP contribution in [-0.2, 0) is 13.1 Å². The van der Waals surface area contributed by atoms with E-state index >= 15 is 0 Å². The van der Waals surface area contributed by atoms with Gasteiger partial charge in [0.15, 0.2) is 0 Å². The summed E-state index contributed by atoms with van der Waals surface area (Å²) < 4.78 is 1.16. The van der Waals surface area contributed by atoms with Crippen molar-refractivity contribution in [2.45, 2.75) is 38.9 Å². The van der Waals surface area contributed by atoms with Crippen LogP contribution in [0.15, 0.2) is 28.2 Å². The Kier molecular flexibility index (Phi) is 4.62. The number of hydrogen-bond acceptors (Lipinski definition) is 4. The van der Waals surface area contributed by atoms with Gasteiger partial charge in [0.1, 0.15) is 0 Å². The highest BCUT2D eigenvalue weighted by atomic mass is 79.9. The lowest BCUT2D eigenvalue weighted by atomic mass is 10.2. The zero-order valence-electron chi connectivity index (χ0n) is 12.4. The highest BCUT2D eigenvalue weighted by Gasteiger charge is 2.21. The number of nitrogens with one attached hydrogen (secondary N) is 1. The second kappa shape index (κ2) is 6.46. The van der Waals surface area contributed by atoms with E-state index in [0.717, 1.165) is 29.3 Å². The van der Waals surface area contributed by atoms with Gasteiger partial charge in [0.05, 0.1) is 6.54 Å². The molecule has 0 radical (unpaired) electrons. The molecule has 2 aromatic rings. The van der Waals surface area contributed by atoms with E-state index in [9.17, 15) is 0 Å². The molecule has 3 rings (SSSR count). The van der Waals surface area contributed by atoms with Gasteiger partial charge in [-0.15, -0.1) is 11.3 Å². The Hall–Kier alpha value is -0.910. The molecule has 1 N–H and O–H groups in total. The first-order valence-electron chi connectivity index (χ1n) is 7.25. The Balaban J connectivity index is 1.75. The van der Waals surface area contributed by atoms with Crippen molar-refractivity contribution in [3.05, 3.63) is 44.3 Å². The monoisotopic (exact) mass is 365 g/mol. The number of pyridine rings is 1. The third-order valence-electron chi connectivity index (χ3n) is 3.68. The van der Waals surface area contributed by atoms with Gasteiger partial charge in [-0.25, -0.2) is 0 Å². The van der Waals surface area contributed by atoms with Crippen LogP contribution in [0.5, 0.6) is 0 Å². The summed E-state index contributed by atoms with van der Waals surface area (Å²) in [6.45, 7) is 3.89. The number of halogens is 1. The quantitative estimate of drug-likeness (QED) is 0.834. The molecule has 3 nitrogen and oxygen atoms in total. The van der Waals surface area contributed by atoms with E-state index < -0.39 is 0 Å². The Morgan fingerprint density at radius 2 is 2.24 bits per heavy atom. The topological polar surface area (TPSA) is 28.2 Å². The number of aryl methyl sites for hydroxylation is 1. The summed E-state index contributed by atoms with van der Waals surface area (Å²) in [5.74, 6) is 0. The average Bonchev–Trinajstić information content (AvgIpc) is 3.20. The summed E-state index contributed by atoms with van der Waals surface area (Å²) in [7, 11) is 2.16. The first-order chi connectivity index (χ1) is 10.1. The summed E-state index contributed by atoms with van der Waals surface area (Å²) in [4.78, 5) is 8.14. The normalized spacial score (nSPS) is 14.4. The summed E-state index contributed by atoms with van der Waals surface area (Å²) >= 11 is 5.32. The van der Waals surface area contributed by atoms with Gasteiger partial charge in [0.2, 0.25) is 0 Å². The number of hydrogen-bond donors (Lipinski definition) is 1. The maximum Gasteiger partial charge on any atom is 0.0520 e. The van der Waals surface area contributed by atoms with Crippen LogP contribution in [0.3, 0.4) is 0 Å². The predicted octanol–water partition coefficient (Wildman–Crippen LogP) is 4.10. The summed E-state index contributed by atoms with van der Waals surface area (Å²) in [5.41, 5.74) is 3.63. The fourth-order valence-electron chi connectivity index (χ4n) is 2.36. The lowest BCUT2D eigenvalue weighted by molar-refractivity contribution is 0.683. The van der Waals surface area contributed by atoms with E-state index in [1.165, 1.54) is 29.0 Å². The molecule has 5 heteroatoms. The molecule has 1 aliphatic carbocycles. The number of nitrogens with zero attached hydrogens (tertiary/aromatic N) is 2. The van der Waals surface area contributed by atoms with Crippen LogP contribution in [0.4, 0.5) is 5.69 Å². The van der Waals surface area contributed by atoms with Crippen LogP contribution in [-0.4, -0.2) is 18.1 Å². The lowest BCUT2D eigenvalue weighted by Crippen LogP contribution is -2.21. The molecule has 0 aromatic carbocycles. The smallest absolute Gasteiger partial charge is 0.0520 e. The molecule has 0 amide bonds. The maximum atomic E-state index is 4.46. The highest BCUT2D eigenvalue weighted by Crippen LogP contribution is 2.26. The highest BCUT2D eigenvalue weighted by molar-refractivity contribution is 9.10. The Labute approximate surface area is 138 Å². The van der Waals surface area contributed by atoms with Gasteiger partial charge in [-0.2, -0.15) is 0 Å². The second-order valence-electron chi connectivity index (χ2n) is 5.70. The SMILES string of the molecule is Cc1cc(N(C)Cc2cc(Br)cs2)c(CNC2CC2)cn1. The van der Waals surface area contributed by atoms with Crippen LogP contribution in [0.2, 0.25) is 0 Å². The largest absolute Gasteiger partial charge is 0.369 e. The van der Waals surface area contributed by atoms with E-state index in [-0.39, 0.29) is 0 Å². The molecule has 0 saturated heterocycles. The molecule has 0 atom stereocenters. The second-order valence-corrected chi connectivity index (χ2v) is 7.61. The van der Waals surface area contributed by atoms with Crippen molar-refractivity contribution >= 4 is 33.0 Å². The molecule has 0 bridgehead atoms. The fourth-order valence-corrected chi connectivity index (χ4v) is 3.87. The minimum Gasteiger partial charge on any atom is -0.369 e. The average molecular weight is 366 g/mol. The summed E-state index contributed by atoms with van der Waals surface area (Å²) in [6, 6.07) is 5.10. The molecule has 0 spiro atoms. The van der Waals surface area contributed by atoms with Gasteiger partial charge in [-0.1, -0.05) is 0 Å². The molecule has 112 valence electrons. The first kappa shape index (κ1) is 15.0. The zero-order chi connectivity index (χ0) is 14.8. The summed E-state index contributed by atoms with van der Waals surface area (Å²) in [6.07, 6.45) is 4.64. The van der Waals surface area contributed by atoms with Gasteiger partial charge in [-0.3, -0.25) is 4.98 Å². The molecular formula is C16H20BrN3S. The van der Waals surface area contributed by atoms with Gasteiger partial charge in [0, 0.05) is 57.5 Å². The number of aromatic nitrogens is 1. The third kappa shape index (κ3) is 4.05. The van der Waals surface area contributed by atoms with Gasteiger partial charge >= 0.3 is 0 Å². The Morgan fingerprint density at radius 3 is 2.90 bits per heavy atom. The van der Waals surface area contributed by atoms with Crippen molar-refractivity contribution in [1.29, 1.82) is 0 Å². The van der Waals surface area contributed by atoms with Crippen molar-refractivity contribution in [1.82, 2.24) is 10.3 Å². The van der Waals surface area contributed by atoms with Crippen LogP contribution in [0.1, 0.15) is 29.0 Å². The number of anilines is 1. The predicted molar refractivity (Wildman–Crippen MR) is 93.0 cm³/mol. The van der Waals surface area contributed by atoms with Crippen molar-refractivity contribution in [2.24, 2.45) is 0 Å². The molecule has 21 heavy (non-hydrogen) atoms. The Morgan fingerprint density at radius 1 is 1.43 bits per heavy atom. The molecule has 1 fully saturated rings. The molecule has 0 aliphatic heterocycles. The van der Waals surface area contributed by atoms with E-state index in [2.05, 4.69) is 62.6 Å². The third-order valence-corrected chi connectivity index (χ3v) is 5.37. The lowest BCUT2D eigenvalue weighted by Gasteiger charge is -2.22. The van der Waals surface area contributed by atoms with Crippen LogP contribution in [0, 0.1) is 6.92 Å². The maximum absolute atomic E-state index is 4.46. The van der Waals surface area contributed by atoms with Crippen molar-refractivity contribution in [2.75, 3.05) is 11.9 Å². The fraction of sp³-hybridized carbons (Fsp3) is 0.438. The van der Waals surface area contributed by atoms with Crippen molar-refractivity contribution in [3.63, 3.8) is 0 Å². The Bertz CT molecular complexity index is 622. The summed E-state index contributed by atoms with van der Waals surface area (Å²) in [5, 5.41) is 5.72. The molecular weight excluding hydrogens is 346 g/mol. The molecule has 2 aromatic heterocycles. The number of rotatable bonds is 6. The van der Waals surface area contributed by atoms with E-state index in [4.69, 9.17) is 0 Å². The standard InChI is InChI=1S/C16H20BrN3S/c1-11-5-16(12(7-18-11)8-19-14-3-4-14)20(2)9-15-6-13(17)10-21-15/h5-7,10,14,19H,3-4,8-9H2,1-2H3. The van der Waals surface area contributed by atoms with Gasteiger partial charge in [-0.05, 0) is 47.8 Å².